The van der Waals surface area contributed by atoms with E-state index < -0.39 is 12.1 Å². The van der Waals surface area contributed by atoms with Gasteiger partial charge in [0, 0.05) is 6.08 Å². The predicted molar refractivity (Wildman–Crippen MR) is 96.4 cm³/mol. The first-order valence-corrected chi connectivity index (χ1v) is 9.69. The minimum atomic E-state index is -1.03. The number of carbonyl (C=O) groups excluding carboxylic acids is 1. The van der Waals surface area contributed by atoms with Gasteiger partial charge in [0.15, 0.2) is 0 Å². The zero-order chi connectivity index (χ0) is 17.2. The fraction of sp³-hybridized carbons (Fsp3) is 0.850. The van der Waals surface area contributed by atoms with Crippen molar-refractivity contribution >= 4 is 5.97 Å². The monoisotopic (exact) mass is 328 g/mol. The van der Waals surface area contributed by atoms with Crippen molar-refractivity contribution in [2.45, 2.75) is 103 Å². The summed E-state index contributed by atoms with van der Waals surface area (Å²) in [6, 6.07) is 0. The first kappa shape index (κ1) is 22.1. The zero-order valence-corrected chi connectivity index (χ0v) is 15.3. The number of hydrogen-bond donors (Lipinski definition) is 0. The number of hydrogen-bond acceptors (Lipinski definition) is 2. The Hall–Kier alpha value is -0.860. The Balaban J connectivity index is 3.27. The summed E-state index contributed by atoms with van der Waals surface area (Å²) < 4.78 is 18.2. The second-order valence-corrected chi connectivity index (χ2v) is 6.30. The Morgan fingerprint density at radius 1 is 0.870 bits per heavy atom. The molecule has 2 nitrogen and oxygen atoms in total. The third-order valence-corrected chi connectivity index (χ3v) is 4.06. The summed E-state index contributed by atoms with van der Waals surface area (Å²) in [4.78, 5) is 11.0. The van der Waals surface area contributed by atoms with Crippen LogP contribution in [0, 0.1) is 0 Å². The average molecular weight is 329 g/mol. The van der Waals surface area contributed by atoms with Gasteiger partial charge in [-0.15, -0.1) is 0 Å². The Labute approximate surface area is 142 Å². The fourth-order valence-corrected chi connectivity index (χ4v) is 2.65. The van der Waals surface area contributed by atoms with E-state index in [-0.39, 0.29) is 0 Å². The number of carbonyl (C=O) groups is 1. The van der Waals surface area contributed by atoms with Crippen LogP contribution < -0.4 is 0 Å². The van der Waals surface area contributed by atoms with E-state index in [0.717, 1.165) is 12.8 Å². The summed E-state index contributed by atoms with van der Waals surface area (Å²) in [6.07, 6.45) is 17.4. The van der Waals surface area contributed by atoms with Gasteiger partial charge in [0.1, 0.15) is 6.17 Å². The van der Waals surface area contributed by atoms with Crippen LogP contribution in [0.1, 0.15) is 97.3 Å². The lowest BCUT2D eigenvalue weighted by molar-refractivity contribution is -0.137. The van der Waals surface area contributed by atoms with E-state index in [0.29, 0.717) is 13.0 Å². The van der Waals surface area contributed by atoms with Crippen molar-refractivity contribution < 1.29 is 13.9 Å². The molecule has 0 spiro atoms. The zero-order valence-electron chi connectivity index (χ0n) is 15.3. The van der Waals surface area contributed by atoms with Crippen molar-refractivity contribution in [1.82, 2.24) is 0 Å². The lowest BCUT2D eigenvalue weighted by Crippen LogP contribution is -2.02. The molecule has 136 valence electrons. The third-order valence-electron chi connectivity index (χ3n) is 4.06. The van der Waals surface area contributed by atoms with Gasteiger partial charge in [-0.2, -0.15) is 0 Å². The number of esters is 1. The minimum Gasteiger partial charge on any atom is -0.463 e. The van der Waals surface area contributed by atoms with E-state index in [1.54, 1.807) is 6.92 Å². The van der Waals surface area contributed by atoms with Crippen LogP contribution in [0.5, 0.6) is 0 Å². The summed E-state index contributed by atoms with van der Waals surface area (Å²) >= 11 is 0. The number of allylic oxidation sites excluding steroid dienone is 1. The lowest BCUT2D eigenvalue weighted by atomic mass is 10.0. The Bertz CT molecular complexity index is 289. The molecule has 0 bridgehead atoms. The first-order valence-electron chi connectivity index (χ1n) is 9.69. The fourth-order valence-electron chi connectivity index (χ4n) is 2.65. The van der Waals surface area contributed by atoms with E-state index in [2.05, 4.69) is 6.92 Å². The van der Waals surface area contributed by atoms with Crippen LogP contribution in [0.15, 0.2) is 12.2 Å². The lowest BCUT2D eigenvalue weighted by Gasteiger charge is -2.04. The third kappa shape index (κ3) is 17.3. The maximum absolute atomic E-state index is 13.5. The molecule has 0 aromatic rings. The molecule has 0 aliphatic heterocycles. The molecule has 0 saturated heterocycles. The normalized spacial score (nSPS) is 12.7. The first-order chi connectivity index (χ1) is 11.2. The highest BCUT2D eigenvalue weighted by Gasteiger charge is 2.03. The van der Waals surface area contributed by atoms with Gasteiger partial charge < -0.3 is 4.74 Å². The molecule has 0 saturated carbocycles. The highest BCUT2D eigenvalue weighted by Crippen LogP contribution is 2.14. The molecule has 0 heterocycles. The maximum atomic E-state index is 13.5. The molecule has 23 heavy (non-hydrogen) atoms. The highest BCUT2D eigenvalue weighted by molar-refractivity contribution is 5.81. The van der Waals surface area contributed by atoms with E-state index in [9.17, 15) is 9.18 Å². The molecule has 0 rings (SSSR count). The van der Waals surface area contributed by atoms with Crippen LogP contribution >= 0.6 is 0 Å². The molecule has 0 amide bonds. The largest absolute Gasteiger partial charge is 0.463 e. The topological polar surface area (TPSA) is 26.3 Å². The van der Waals surface area contributed by atoms with Crippen molar-refractivity contribution in [3.63, 3.8) is 0 Å². The van der Waals surface area contributed by atoms with E-state index in [1.807, 2.05) is 0 Å². The number of unbranched alkanes of at least 4 members (excludes halogenated alkanes) is 11. The standard InChI is InChI=1S/C20H37FO2/c1-3-5-6-7-8-9-10-11-12-13-14-15-16-19(21)17-18-20(22)23-4-2/h17-19H,3-16H2,1-2H3/b18-17+. The summed E-state index contributed by atoms with van der Waals surface area (Å²) in [6.45, 7) is 4.33. The van der Waals surface area contributed by atoms with Gasteiger partial charge in [0.25, 0.3) is 0 Å². The second kappa shape index (κ2) is 17.5. The summed E-state index contributed by atoms with van der Waals surface area (Å²) in [7, 11) is 0. The SMILES string of the molecule is CCCCCCCCCCCCCCC(F)/C=C/C(=O)OCC. The van der Waals surface area contributed by atoms with Gasteiger partial charge in [0.05, 0.1) is 6.61 Å². The molecule has 0 aromatic carbocycles. The molecule has 0 aliphatic rings. The number of alkyl halides is 1. The van der Waals surface area contributed by atoms with Crippen molar-refractivity contribution in [2.75, 3.05) is 6.61 Å². The van der Waals surface area contributed by atoms with Gasteiger partial charge in [-0.3, -0.25) is 0 Å². The molecular formula is C20H37FO2. The quantitative estimate of drug-likeness (QED) is 0.183. The molecule has 1 unspecified atom stereocenters. The Morgan fingerprint density at radius 3 is 1.83 bits per heavy atom. The summed E-state index contributed by atoms with van der Waals surface area (Å²) in [5, 5.41) is 0. The van der Waals surface area contributed by atoms with Crippen LogP contribution in [0.3, 0.4) is 0 Å². The van der Waals surface area contributed by atoms with Gasteiger partial charge >= 0.3 is 5.97 Å². The number of halogens is 1. The molecule has 0 N–H and O–H groups in total. The smallest absolute Gasteiger partial charge is 0.330 e. The van der Waals surface area contributed by atoms with Gasteiger partial charge in [-0.1, -0.05) is 84.0 Å². The molecule has 1 atom stereocenters. The van der Waals surface area contributed by atoms with Gasteiger partial charge in [-0.25, -0.2) is 9.18 Å². The van der Waals surface area contributed by atoms with Crippen LogP contribution in [0.4, 0.5) is 4.39 Å². The van der Waals surface area contributed by atoms with Crippen LogP contribution in [0.2, 0.25) is 0 Å². The summed E-state index contributed by atoms with van der Waals surface area (Å²) in [5.74, 6) is -0.454. The molecule has 0 aromatic heterocycles. The molecule has 0 aliphatic carbocycles. The van der Waals surface area contributed by atoms with Gasteiger partial charge in [-0.05, 0) is 19.4 Å². The molecule has 0 radical (unpaired) electrons. The van der Waals surface area contributed by atoms with Crippen molar-refractivity contribution in [3.8, 4) is 0 Å². The Kier molecular flexibility index (Phi) is 16.8. The molecule has 0 fully saturated rings. The van der Waals surface area contributed by atoms with E-state index >= 15 is 0 Å². The number of ether oxygens (including phenoxy) is 1. The highest BCUT2D eigenvalue weighted by atomic mass is 19.1. The van der Waals surface area contributed by atoms with Crippen LogP contribution in [0.25, 0.3) is 0 Å². The van der Waals surface area contributed by atoms with E-state index in [1.165, 1.54) is 76.4 Å². The van der Waals surface area contributed by atoms with Gasteiger partial charge in [0.2, 0.25) is 0 Å². The maximum Gasteiger partial charge on any atom is 0.330 e. The number of rotatable bonds is 16. The molecular weight excluding hydrogens is 291 g/mol. The predicted octanol–water partition coefficient (Wildman–Crippen LogP) is 6.54. The van der Waals surface area contributed by atoms with E-state index in [4.69, 9.17) is 4.74 Å². The van der Waals surface area contributed by atoms with Crippen LogP contribution in [-0.4, -0.2) is 18.7 Å². The van der Waals surface area contributed by atoms with Crippen molar-refractivity contribution in [3.05, 3.63) is 12.2 Å². The average Bonchev–Trinajstić information content (AvgIpc) is 2.54. The Morgan fingerprint density at radius 2 is 1.35 bits per heavy atom. The van der Waals surface area contributed by atoms with Crippen molar-refractivity contribution in [1.29, 1.82) is 0 Å². The molecule has 3 heteroatoms. The van der Waals surface area contributed by atoms with Crippen molar-refractivity contribution in [2.24, 2.45) is 0 Å². The summed E-state index contributed by atoms with van der Waals surface area (Å²) in [5.41, 5.74) is 0. The second-order valence-electron chi connectivity index (χ2n) is 6.30. The van der Waals surface area contributed by atoms with Crippen LogP contribution in [-0.2, 0) is 9.53 Å². The minimum absolute atomic E-state index is 0.332.